The van der Waals surface area contributed by atoms with Crippen molar-refractivity contribution in [1.29, 1.82) is 0 Å². The maximum Gasteiger partial charge on any atom is 0.305 e. The lowest BCUT2D eigenvalue weighted by Crippen LogP contribution is -2.23. The first-order valence-corrected chi connectivity index (χ1v) is 9.44. The first-order valence-electron chi connectivity index (χ1n) is 9.44. The molecule has 3 aromatic rings. The average Bonchev–Trinajstić information content (AvgIpc) is 3.12. The molecule has 2 N–H and O–H groups in total. The summed E-state index contributed by atoms with van der Waals surface area (Å²) in [4.78, 5) is 22.1. The van der Waals surface area contributed by atoms with Gasteiger partial charge in [0.15, 0.2) is 0 Å². The highest BCUT2D eigenvalue weighted by molar-refractivity contribution is 5.91. The summed E-state index contributed by atoms with van der Waals surface area (Å²) in [5, 5.41) is 15.2. The van der Waals surface area contributed by atoms with Crippen LogP contribution in [0.25, 0.3) is 17.3 Å². The first kappa shape index (κ1) is 20.9. The van der Waals surface area contributed by atoms with E-state index in [1.165, 1.54) is 6.08 Å². The normalized spacial score (nSPS) is 10.8. The van der Waals surface area contributed by atoms with Gasteiger partial charge in [-0.3, -0.25) is 9.59 Å². The van der Waals surface area contributed by atoms with E-state index in [4.69, 9.17) is 14.4 Å². The van der Waals surface area contributed by atoms with Gasteiger partial charge < -0.3 is 19.7 Å². The Balaban J connectivity index is 1.57. The van der Waals surface area contributed by atoms with Gasteiger partial charge in [0.25, 0.3) is 0 Å². The van der Waals surface area contributed by atoms with Crippen LogP contribution in [-0.2, 0) is 16.2 Å². The summed E-state index contributed by atoms with van der Waals surface area (Å²) in [5.41, 5.74) is 3.45. The Labute approximate surface area is 174 Å². The summed E-state index contributed by atoms with van der Waals surface area (Å²) in [5.74, 6) is 0.0973. The lowest BCUT2D eigenvalue weighted by Gasteiger charge is -2.07. The average molecular weight is 406 g/mol. The SMILES string of the molecule is Cc1onc(-c2ccccc2)c1COc1ccc(C=CC(=O)NCCC(=O)O)cc1. The van der Waals surface area contributed by atoms with E-state index in [-0.39, 0.29) is 18.9 Å². The first-order chi connectivity index (χ1) is 14.5. The highest BCUT2D eigenvalue weighted by atomic mass is 16.5. The molecule has 0 aliphatic carbocycles. The van der Waals surface area contributed by atoms with E-state index in [1.807, 2.05) is 61.5 Å². The summed E-state index contributed by atoms with van der Waals surface area (Å²) in [6.07, 6.45) is 2.91. The number of benzene rings is 2. The maximum atomic E-state index is 11.6. The standard InChI is InChI=1S/C23H22N2O5/c1-16-20(23(25-30-16)18-5-3-2-4-6-18)15-29-19-10-7-17(8-11-19)9-12-21(26)24-14-13-22(27)28/h2-12H,13-15H2,1H3,(H,24,26)(H,27,28). The summed E-state index contributed by atoms with van der Waals surface area (Å²) in [6, 6.07) is 17.1. The zero-order valence-corrected chi connectivity index (χ0v) is 16.5. The van der Waals surface area contributed by atoms with Crippen molar-refractivity contribution in [3.8, 4) is 17.0 Å². The third-order valence-corrected chi connectivity index (χ3v) is 4.36. The fraction of sp³-hybridized carbons (Fsp3) is 0.174. The number of carbonyl (C=O) groups is 2. The lowest BCUT2D eigenvalue weighted by molar-refractivity contribution is -0.136. The number of rotatable bonds is 9. The number of carbonyl (C=O) groups excluding carboxylic acids is 1. The molecule has 1 aromatic heterocycles. The summed E-state index contributed by atoms with van der Waals surface area (Å²) in [7, 11) is 0. The number of aryl methyl sites for hydroxylation is 1. The van der Waals surface area contributed by atoms with Gasteiger partial charge in [-0.2, -0.15) is 0 Å². The molecular formula is C23H22N2O5. The zero-order valence-electron chi connectivity index (χ0n) is 16.5. The number of ether oxygens (including phenoxy) is 1. The topological polar surface area (TPSA) is 102 Å². The van der Waals surface area contributed by atoms with Gasteiger partial charge in [-0.1, -0.05) is 47.6 Å². The van der Waals surface area contributed by atoms with Crippen LogP contribution in [0.3, 0.4) is 0 Å². The zero-order chi connectivity index (χ0) is 21.3. The van der Waals surface area contributed by atoms with Gasteiger partial charge >= 0.3 is 5.97 Å². The molecule has 7 nitrogen and oxygen atoms in total. The predicted molar refractivity (Wildman–Crippen MR) is 112 cm³/mol. The van der Waals surface area contributed by atoms with Crippen molar-refractivity contribution in [3.63, 3.8) is 0 Å². The highest BCUT2D eigenvalue weighted by Gasteiger charge is 2.15. The van der Waals surface area contributed by atoms with Gasteiger partial charge in [0, 0.05) is 18.2 Å². The lowest BCUT2D eigenvalue weighted by atomic mass is 10.1. The summed E-state index contributed by atoms with van der Waals surface area (Å²) >= 11 is 0. The van der Waals surface area contributed by atoms with Crippen molar-refractivity contribution in [1.82, 2.24) is 10.5 Å². The van der Waals surface area contributed by atoms with E-state index in [0.717, 1.165) is 22.4 Å². The number of carboxylic acid groups (broad SMARTS) is 1. The molecule has 0 saturated carbocycles. The van der Waals surface area contributed by atoms with Gasteiger partial charge in [0.1, 0.15) is 23.8 Å². The molecule has 7 heteroatoms. The van der Waals surface area contributed by atoms with Crippen LogP contribution in [0.2, 0.25) is 0 Å². The Morgan fingerprint density at radius 3 is 2.57 bits per heavy atom. The number of amides is 1. The van der Waals surface area contributed by atoms with Gasteiger partial charge in [0.2, 0.25) is 5.91 Å². The van der Waals surface area contributed by atoms with E-state index >= 15 is 0 Å². The van der Waals surface area contributed by atoms with Crippen LogP contribution in [0.15, 0.2) is 65.2 Å². The van der Waals surface area contributed by atoms with Crippen molar-refractivity contribution in [3.05, 3.63) is 77.6 Å². The van der Waals surface area contributed by atoms with Gasteiger partial charge in [-0.15, -0.1) is 0 Å². The number of nitrogens with zero attached hydrogens (tertiary/aromatic N) is 1. The van der Waals surface area contributed by atoms with Crippen LogP contribution < -0.4 is 10.1 Å². The quantitative estimate of drug-likeness (QED) is 0.524. The largest absolute Gasteiger partial charge is 0.489 e. The van der Waals surface area contributed by atoms with Gasteiger partial charge in [-0.25, -0.2) is 0 Å². The molecule has 0 atom stereocenters. The smallest absolute Gasteiger partial charge is 0.305 e. The van der Waals surface area contributed by atoms with Crippen molar-refractivity contribution < 1.29 is 24.0 Å². The minimum Gasteiger partial charge on any atom is -0.489 e. The minimum atomic E-state index is -0.952. The Hall–Kier alpha value is -3.87. The third kappa shape index (κ3) is 5.81. The summed E-state index contributed by atoms with van der Waals surface area (Å²) in [6.45, 7) is 2.27. The molecule has 0 spiro atoms. The molecule has 3 rings (SSSR count). The second kappa shape index (κ2) is 10.1. The number of nitrogens with one attached hydrogen (secondary N) is 1. The monoisotopic (exact) mass is 406 g/mol. The third-order valence-electron chi connectivity index (χ3n) is 4.36. The van der Waals surface area contributed by atoms with E-state index in [0.29, 0.717) is 18.1 Å². The Kier molecular flexibility index (Phi) is 7.00. The van der Waals surface area contributed by atoms with Crippen molar-refractivity contribution in [2.45, 2.75) is 20.0 Å². The molecule has 1 amide bonds. The molecule has 0 aliphatic heterocycles. The van der Waals surface area contributed by atoms with E-state index in [2.05, 4.69) is 10.5 Å². The van der Waals surface area contributed by atoms with Gasteiger partial charge in [-0.05, 0) is 30.7 Å². The van der Waals surface area contributed by atoms with Crippen molar-refractivity contribution in [2.24, 2.45) is 0 Å². The number of hydrogen-bond acceptors (Lipinski definition) is 5. The minimum absolute atomic E-state index is 0.0958. The van der Waals surface area contributed by atoms with E-state index < -0.39 is 5.97 Å². The number of aromatic nitrogens is 1. The summed E-state index contributed by atoms with van der Waals surface area (Å²) < 4.78 is 11.2. The van der Waals surface area contributed by atoms with Crippen molar-refractivity contribution >= 4 is 18.0 Å². The van der Waals surface area contributed by atoms with Crippen LogP contribution in [-0.4, -0.2) is 28.7 Å². The second-order valence-electron chi connectivity index (χ2n) is 6.56. The van der Waals surface area contributed by atoms with Crippen LogP contribution in [0.4, 0.5) is 0 Å². The van der Waals surface area contributed by atoms with Crippen LogP contribution in [0.1, 0.15) is 23.3 Å². The molecule has 0 bridgehead atoms. The number of hydrogen-bond donors (Lipinski definition) is 2. The maximum absolute atomic E-state index is 11.6. The van der Waals surface area contributed by atoms with Crippen LogP contribution in [0, 0.1) is 6.92 Å². The Bertz CT molecular complexity index is 1020. The van der Waals surface area contributed by atoms with Crippen molar-refractivity contribution in [2.75, 3.05) is 6.54 Å². The highest BCUT2D eigenvalue weighted by Crippen LogP contribution is 2.26. The van der Waals surface area contributed by atoms with Crippen LogP contribution >= 0.6 is 0 Å². The van der Waals surface area contributed by atoms with Crippen LogP contribution in [0.5, 0.6) is 5.75 Å². The molecule has 0 unspecified atom stereocenters. The fourth-order valence-electron chi connectivity index (χ4n) is 2.74. The molecule has 0 radical (unpaired) electrons. The number of carboxylic acids is 1. The molecule has 154 valence electrons. The Morgan fingerprint density at radius 1 is 1.13 bits per heavy atom. The molecule has 2 aromatic carbocycles. The van der Waals surface area contributed by atoms with E-state index in [1.54, 1.807) is 6.08 Å². The molecular weight excluding hydrogens is 384 g/mol. The molecule has 1 heterocycles. The van der Waals surface area contributed by atoms with E-state index in [9.17, 15) is 9.59 Å². The molecule has 0 saturated heterocycles. The molecule has 30 heavy (non-hydrogen) atoms. The van der Waals surface area contributed by atoms with Gasteiger partial charge in [0.05, 0.1) is 12.0 Å². The second-order valence-corrected chi connectivity index (χ2v) is 6.56. The molecule has 0 aliphatic rings. The number of aliphatic carboxylic acids is 1. The fourth-order valence-corrected chi connectivity index (χ4v) is 2.74. The molecule has 0 fully saturated rings. The Morgan fingerprint density at radius 2 is 1.87 bits per heavy atom. The predicted octanol–water partition coefficient (Wildman–Crippen LogP) is 3.83.